The second-order valence-corrected chi connectivity index (χ2v) is 6.17. The van der Waals surface area contributed by atoms with Crippen molar-refractivity contribution in [2.75, 3.05) is 0 Å². The van der Waals surface area contributed by atoms with Gasteiger partial charge in [0.2, 0.25) is 5.82 Å². The molecule has 0 saturated heterocycles. The number of aromatic nitrogens is 4. The predicted molar refractivity (Wildman–Crippen MR) is 91.6 cm³/mol. The van der Waals surface area contributed by atoms with Crippen molar-refractivity contribution < 1.29 is 33.0 Å². The number of benzene rings is 1. The maximum atomic E-state index is 12.7. The van der Waals surface area contributed by atoms with Gasteiger partial charge in [-0.25, -0.2) is 19.6 Å². The van der Waals surface area contributed by atoms with Crippen LogP contribution in [0.25, 0.3) is 11.0 Å². The summed E-state index contributed by atoms with van der Waals surface area (Å²) in [5.41, 5.74) is 1.61. The fourth-order valence-electron chi connectivity index (χ4n) is 2.68. The molecule has 0 radical (unpaired) electrons. The van der Waals surface area contributed by atoms with Gasteiger partial charge in [-0.1, -0.05) is 19.9 Å². The van der Waals surface area contributed by atoms with Crippen LogP contribution in [0.15, 0.2) is 36.9 Å². The first-order valence-electron chi connectivity index (χ1n) is 8.01. The van der Waals surface area contributed by atoms with Crippen LogP contribution in [0.5, 0.6) is 0 Å². The van der Waals surface area contributed by atoms with Gasteiger partial charge in [-0.2, -0.15) is 13.2 Å². The molecule has 3 rings (SSSR count). The van der Waals surface area contributed by atoms with E-state index >= 15 is 0 Å². The molecular formula is C17H17F3N4O4. The summed E-state index contributed by atoms with van der Waals surface area (Å²) in [6.07, 6.45) is 0.777. The summed E-state index contributed by atoms with van der Waals surface area (Å²) in [4.78, 5) is 28.2. The molecule has 2 heterocycles. The lowest BCUT2D eigenvalue weighted by Crippen LogP contribution is -2.15. The number of fused-ring (bicyclic) bond motifs is 1. The minimum atomic E-state index is -4.47. The van der Waals surface area contributed by atoms with Crippen molar-refractivity contribution >= 4 is 23.0 Å². The zero-order valence-corrected chi connectivity index (χ0v) is 14.8. The number of carbonyl (C=O) groups is 2. The van der Waals surface area contributed by atoms with Crippen LogP contribution in [0.2, 0.25) is 0 Å². The summed E-state index contributed by atoms with van der Waals surface area (Å²) in [5.74, 6) is -4.36. The maximum Gasteiger partial charge on any atom is 0.449 e. The lowest BCUT2D eigenvalue weighted by Gasteiger charge is -2.22. The fraction of sp³-hybridized carbons (Fsp3) is 0.294. The summed E-state index contributed by atoms with van der Waals surface area (Å²) in [7, 11) is 0. The molecule has 3 N–H and O–H groups in total. The Morgan fingerprint density at radius 2 is 1.82 bits per heavy atom. The Morgan fingerprint density at radius 1 is 1.18 bits per heavy atom. The predicted octanol–water partition coefficient (Wildman–Crippen LogP) is 3.18. The largest absolute Gasteiger partial charge is 0.473 e. The molecule has 150 valence electrons. The lowest BCUT2D eigenvalue weighted by molar-refractivity contribution is -0.159. The number of carboxylic acids is 2. The number of hydrogen-bond acceptors (Lipinski definition) is 4. The number of aliphatic carboxylic acids is 2. The van der Waals surface area contributed by atoms with E-state index in [1.807, 2.05) is 16.8 Å². The molecule has 0 saturated carbocycles. The molecule has 0 aliphatic carbocycles. The Kier molecular flexibility index (Phi) is 6.06. The number of nitrogens with one attached hydrogen (secondary N) is 1. The van der Waals surface area contributed by atoms with Crippen LogP contribution in [0.1, 0.15) is 31.3 Å². The van der Waals surface area contributed by atoms with Crippen molar-refractivity contribution in [2.45, 2.75) is 26.1 Å². The number of H-pyrrole nitrogens is 1. The smallest absolute Gasteiger partial charge is 0.449 e. The number of nitrogens with zero attached hydrogens (tertiary/aromatic N) is 3. The maximum absolute atomic E-state index is 12.7. The van der Waals surface area contributed by atoms with Gasteiger partial charge in [0.25, 0.3) is 0 Å². The van der Waals surface area contributed by atoms with E-state index < -0.39 is 23.9 Å². The highest BCUT2D eigenvalue weighted by atomic mass is 19.4. The Labute approximate surface area is 156 Å². The van der Waals surface area contributed by atoms with E-state index in [2.05, 4.69) is 28.8 Å². The van der Waals surface area contributed by atoms with Gasteiger partial charge in [0.05, 0.1) is 23.4 Å². The number of alkyl halides is 3. The van der Waals surface area contributed by atoms with Gasteiger partial charge in [-0.3, -0.25) is 0 Å². The fourth-order valence-corrected chi connectivity index (χ4v) is 2.68. The van der Waals surface area contributed by atoms with Crippen LogP contribution < -0.4 is 0 Å². The van der Waals surface area contributed by atoms with E-state index in [1.165, 1.54) is 0 Å². The van der Waals surface area contributed by atoms with Crippen molar-refractivity contribution in [3.05, 3.63) is 48.3 Å². The van der Waals surface area contributed by atoms with Crippen molar-refractivity contribution in [1.29, 1.82) is 0 Å². The SMILES string of the molecule is CC(C)C(c1ccc2nc(C(F)(F)F)[nH]c2c1)n1ccnc1.O=C(O)C(=O)O. The Balaban J connectivity index is 0.000000409. The third-order valence-electron chi connectivity index (χ3n) is 3.78. The quantitative estimate of drug-likeness (QED) is 0.583. The molecule has 8 nitrogen and oxygen atoms in total. The first kappa shape index (κ1) is 20.9. The molecule has 0 bridgehead atoms. The van der Waals surface area contributed by atoms with Crippen molar-refractivity contribution in [2.24, 2.45) is 5.92 Å². The minimum Gasteiger partial charge on any atom is -0.473 e. The topological polar surface area (TPSA) is 121 Å². The summed E-state index contributed by atoms with van der Waals surface area (Å²) in [5, 5.41) is 14.8. The second-order valence-electron chi connectivity index (χ2n) is 6.17. The molecule has 1 aromatic carbocycles. The first-order chi connectivity index (χ1) is 13.0. The highest BCUT2D eigenvalue weighted by Gasteiger charge is 2.34. The van der Waals surface area contributed by atoms with Crippen LogP contribution >= 0.6 is 0 Å². The molecule has 0 spiro atoms. The molecule has 1 atom stereocenters. The molecule has 2 aromatic heterocycles. The van der Waals surface area contributed by atoms with Crippen molar-refractivity contribution in [3.8, 4) is 0 Å². The van der Waals surface area contributed by atoms with E-state index in [0.717, 1.165) is 5.56 Å². The Bertz CT molecular complexity index is 953. The molecule has 3 aromatic rings. The molecule has 0 aliphatic heterocycles. The standard InChI is InChI=1S/C15H15F3N4.C2H2O4/c1-9(2)13(22-6-5-19-8-22)10-3-4-11-12(7-10)21-14(20-11)15(16,17)18;3-1(4)2(5)6/h3-9,13H,1-2H3,(H,20,21);(H,3,4)(H,5,6). The number of hydrogen-bond donors (Lipinski definition) is 3. The van der Waals surface area contributed by atoms with E-state index in [1.54, 1.807) is 24.7 Å². The van der Waals surface area contributed by atoms with Gasteiger partial charge < -0.3 is 19.8 Å². The summed E-state index contributed by atoms with van der Waals surface area (Å²) in [6, 6.07) is 5.16. The summed E-state index contributed by atoms with van der Waals surface area (Å²) < 4.78 is 40.1. The highest BCUT2D eigenvalue weighted by Crippen LogP contribution is 2.31. The van der Waals surface area contributed by atoms with Gasteiger partial charge in [0.15, 0.2) is 0 Å². The van der Waals surface area contributed by atoms with Gasteiger partial charge in [-0.05, 0) is 23.6 Å². The third kappa shape index (κ3) is 4.87. The van der Waals surface area contributed by atoms with Gasteiger partial charge in [-0.15, -0.1) is 0 Å². The Hall–Kier alpha value is -3.37. The van der Waals surface area contributed by atoms with E-state index in [-0.39, 0.29) is 12.0 Å². The molecular weight excluding hydrogens is 381 g/mol. The average Bonchev–Trinajstić information content (AvgIpc) is 3.23. The zero-order valence-electron chi connectivity index (χ0n) is 14.8. The Morgan fingerprint density at radius 3 is 2.29 bits per heavy atom. The first-order valence-corrected chi connectivity index (χ1v) is 8.01. The van der Waals surface area contributed by atoms with Crippen molar-refractivity contribution in [3.63, 3.8) is 0 Å². The second kappa shape index (κ2) is 8.11. The third-order valence-corrected chi connectivity index (χ3v) is 3.78. The number of rotatable bonds is 3. The van der Waals surface area contributed by atoms with Crippen LogP contribution in [0, 0.1) is 5.92 Å². The molecule has 0 aliphatic rings. The van der Waals surface area contributed by atoms with E-state index in [4.69, 9.17) is 19.8 Å². The number of halogens is 3. The van der Waals surface area contributed by atoms with Crippen LogP contribution in [0.4, 0.5) is 13.2 Å². The van der Waals surface area contributed by atoms with Gasteiger partial charge in [0, 0.05) is 12.4 Å². The number of aromatic amines is 1. The highest BCUT2D eigenvalue weighted by molar-refractivity contribution is 6.27. The number of carboxylic acid groups (broad SMARTS) is 2. The van der Waals surface area contributed by atoms with Crippen LogP contribution in [-0.4, -0.2) is 41.7 Å². The average molecular weight is 398 g/mol. The van der Waals surface area contributed by atoms with E-state index in [9.17, 15) is 13.2 Å². The van der Waals surface area contributed by atoms with Crippen molar-refractivity contribution in [1.82, 2.24) is 19.5 Å². The van der Waals surface area contributed by atoms with Gasteiger partial charge >= 0.3 is 18.1 Å². The minimum absolute atomic E-state index is 0.00420. The lowest BCUT2D eigenvalue weighted by atomic mass is 9.95. The number of imidazole rings is 2. The van der Waals surface area contributed by atoms with Crippen LogP contribution in [0.3, 0.4) is 0 Å². The van der Waals surface area contributed by atoms with E-state index in [0.29, 0.717) is 11.0 Å². The van der Waals surface area contributed by atoms with Gasteiger partial charge in [0.1, 0.15) is 0 Å². The molecule has 0 fully saturated rings. The molecule has 28 heavy (non-hydrogen) atoms. The monoisotopic (exact) mass is 398 g/mol. The molecule has 11 heteroatoms. The molecule has 1 unspecified atom stereocenters. The summed E-state index contributed by atoms with van der Waals surface area (Å²) >= 11 is 0. The normalized spacial score (nSPS) is 12.5. The summed E-state index contributed by atoms with van der Waals surface area (Å²) in [6.45, 7) is 4.12. The molecule has 0 amide bonds. The zero-order chi connectivity index (χ0) is 21.1. The van der Waals surface area contributed by atoms with Crippen LogP contribution in [-0.2, 0) is 15.8 Å².